The first-order valence-corrected chi connectivity index (χ1v) is 6.18. The molecule has 3 rings (SSSR count). The van der Waals surface area contributed by atoms with E-state index in [-0.39, 0.29) is 5.82 Å². The molecule has 18 heavy (non-hydrogen) atoms. The van der Waals surface area contributed by atoms with Crippen molar-refractivity contribution >= 4 is 5.88 Å². The van der Waals surface area contributed by atoms with Crippen molar-refractivity contribution in [3.8, 4) is 0 Å². The summed E-state index contributed by atoms with van der Waals surface area (Å²) in [7, 11) is 1.83. The molecule has 0 saturated carbocycles. The lowest BCUT2D eigenvalue weighted by Gasteiger charge is -2.21. The lowest BCUT2D eigenvalue weighted by molar-refractivity contribution is 0.424. The highest BCUT2D eigenvalue weighted by Crippen LogP contribution is 2.35. The van der Waals surface area contributed by atoms with Crippen LogP contribution in [-0.2, 0) is 12.8 Å². The zero-order chi connectivity index (χ0) is 12.5. The number of nitrogens with zero attached hydrogens (tertiary/aromatic N) is 1. The summed E-state index contributed by atoms with van der Waals surface area (Å²) < 4.78 is 18.5. The normalized spacial score (nSPS) is 18.4. The fraction of sp³-hybridized carbons (Fsp3) is 0.357. The molecule has 1 aliphatic carbocycles. The van der Waals surface area contributed by atoms with Crippen molar-refractivity contribution < 1.29 is 8.91 Å². The maximum atomic E-state index is 13.3. The van der Waals surface area contributed by atoms with E-state index in [1.165, 1.54) is 6.07 Å². The number of nitrogens with one attached hydrogen (secondary N) is 1. The van der Waals surface area contributed by atoms with Gasteiger partial charge in [-0.3, -0.25) is 0 Å². The third kappa shape index (κ3) is 1.88. The van der Waals surface area contributed by atoms with E-state index in [4.69, 9.17) is 4.52 Å². The molecular formula is C14H15FN2O. The van der Waals surface area contributed by atoms with Gasteiger partial charge >= 0.3 is 0 Å². The standard InChI is InChI=1S/C14H15FN2O/c1-16-14-12-8-10(5-6-13(12)17-18-14)9-3-2-4-11(15)7-9/h2-4,7,10,16H,5-6,8H2,1H3. The summed E-state index contributed by atoms with van der Waals surface area (Å²) in [6, 6.07) is 6.87. The van der Waals surface area contributed by atoms with Gasteiger partial charge in [0.2, 0.25) is 5.88 Å². The second-order valence-corrected chi connectivity index (χ2v) is 4.68. The SMILES string of the molecule is CNc1onc2c1CC(c1cccc(F)c1)CC2. The van der Waals surface area contributed by atoms with Gasteiger partial charge in [0, 0.05) is 12.6 Å². The van der Waals surface area contributed by atoms with E-state index in [0.29, 0.717) is 5.92 Å². The van der Waals surface area contributed by atoms with Crippen LogP contribution in [0.5, 0.6) is 0 Å². The number of fused-ring (bicyclic) bond motifs is 1. The van der Waals surface area contributed by atoms with Crippen molar-refractivity contribution in [3.05, 3.63) is 46.9 Å². The average molecular weight is 246 g/mol. The minimum absolute atomic E-state index is 0.169. The van der Waals surface area contributed by atoms with Crippen molar-refractivity contribution in [2.45, 2.75) is 25.2 Å². The van der Waals surface area contributed by atoms with Gasteiger partial charge in [0.1, 0.15) is 5.82 Å². The van der Waals surface area contributed by atoms with Crippen LogP contribution in [0.4, 0.5) is 10.3 Å². The number of aryl methyl sites for hydroxylation is 1. The lowest BCUT2D eigenvalue weighted by Crippen LogP contribution is -2.13. The molecule has 1 heterocycles. The molecule has 94 valence electrons. The highest BCUT2D eigenvalue weighted by molar-refractivity contribution is 5.45. The molecule has 1 aliphatic rings. The quantitative estimate of drug-likeness (QED) is 0.884. The Hall–Kier alpha value is -1.84. The first-order chi connectivity index (χ1) is 8.78. The van der Waals surface area contributed by atoms with Gasteiger partial charge in [0.05, 0.1) is 5.69 Å². The Morgan fingerprint density at radius 1 is 1.44 bits per heavy atom. The van der Waals surface area contributed by atoms with Crippen LogP contribution in [0.1, 0.15) is 29.2 Å². The van der Waals surface area contributed by atoms with Gasteiger partial charge in [-0.1, -0.05) is 17.3 Å². The zero-order valence-electron chi connectivity index (χ0n) is 10.2. The number of anilines is 1. The molecule has 1 aromatic carbocycles. The molecule has 0 bridgehead atoms. The molecule has 1 N–H and O–H groups in total. The highest BCUT2D eigenvalue weighted by atomic mass is 19.1. The van der Waals surface area contributed by atoms with Crippen molar-refractivity contribution in [1.29, 1.82) is 0 Å². The monoisotopic (exact) mass is 246 g/mol. The van der Waals surface area contributed by atoms with E-state index in [0.717, 1.165) is 42.0 Å². The van der Waals surface area contributed by atoms with E-state index in [1.54, 1.807) is 12.1 Å². The molecule has 0 aliphatic heterocycles. The van der Waals surface area contributed by atoms with Gasteiger partial charge in [0.25, 0.3) is 0 Å². The maximum Gasteiger partial charge on any atom is 0.227 e. The third-order valence-corrected chi connectivity index (χ3v) is 3.60. The molecule has 1 atom stereocenters. The Kier molecular flexibility index (Phi) is 2.78. The van der Waals surface area contributed by atoms with Crippen LogP contribution in [0.25, 0.3) is 0 Å². The van der Waals surface area contributed by atoms with Crippen molar-refractivity contribution in [2.75, 3.05) is 12.4 Å². The maximum absolute atomic E-state index is 13.3. The van der Waals surface area contributed by atoms with Gasteiger partial charge in [-0.25, -0.2) is 4.39 Å². The molecule has 2 aromatic rings. The van der Waals surface area contributed by atoms with Crippen molar-refractivity contribution in [3.63, 3.8) is 0 Å². The molecule has 1 aromatic heterocycles. The first-order valence-electron chi connectivity index (χ1n) is 6.18. The summed E-state index contributed by atoms with van der Waals surface area (Å²) >= 11 is 0. The Morgan fingerprint density at radius 2 is 2.33 bits per heavy atom. The molecule has 1 unspecified atom stereocenters. The van der Waals surface area contributed by atoms with Gasteiger partial charge in [-0.2, -0.15) is 0 Å². The average Bonchev–Trinajstić information content (AvgIpc) is 2.80. The molecule has 0 fully saturated rings. The minimum Gasteiger partial charge on any atom is -0.357 e. The predicted molar refractivity (Wildman–Crippen MR) is 67.2 cm³/mol. The molecule has 0 saturated heterocycles. The van der Waals surface area contributed by atoms with E-state index in [2.05, 4.69) is 10.5 Å². The summed E-state index contributed by atoms with van der Waals surface area (Å²) in [5, 5.41) is 7.08. The molecule has 4 heteroatoms. The summed E-state index contributed by atoms with van der Waals surface area (Å²) in [5.41, 5.74) is 3.23. The Balaban J connectivity index is 1.90. The van der Waals surface area contributed by atoms with E-state index < -0.39 is 0 Å². The summed E-state index contributed by atoms with van der Waals surface area (Å²) in [4.78, 5) is 0. The lowest BCUT2D eigenvalue weighted by atomic mass is 9.83. The number of halogens is 1. The summed E-state index contributed by atoms with van der Waals surface area (Å²) in [5.74, 6) is 0.920. The molecule has 0 radical (unpaired) electrons. The molecule has 0 amide bonds. The largest absolute Gasteiger partial charge is 0.357 e. The van der Waals surface area contributed by atoms with Crippen LogP contribution in [0.2, 0.25) is 0 Å². The van der Waals surface area contributed by atoms with Gasteiger partial charge < -0.3 is 9.84 Å². The number of benzene rings is 1. The topological polar surface area (TPSA) is 38.1 Å². The highest BCUT2D eigenvalue weighted by Gasteiger charge is 2.26. The van der Waals surface area contributed by atoms with Crippen LogP contribution >= 0.6 is 0 Å². The molecule has 3 nitrogen and oxygen atoms in total. The Bertz CT molecular complexity index is 551. The fourth-order valence-corrected chi connectivity index (χ4v) is 2.65. The third-order valence-electron chi connectivity index (χ3n) is 3.60. The van der Waals surface area contributed by atoms with Crippen LogP contribution < -0.4 is 5.32 Å². The Morgan fingerprint density at radius 3 is 3.11 bits per heavy atom. The van der Waals surface area contributed by atoms with Crippen LogP contribution in [0.3, 0.4) is 0 Å². The smallest absolute Gasteiger partial charge is 0.227 e. The Labute approximate surface area is 105 Å². The summed E-state index contributed by atoms with van der Waals surface area (Å²) in [6.45, 7) is 0. The van der Waals surface area contributed by atoms with Gasteiger partial charge in [0.15, 0.2) is 0 Å². The predicted octanol–water partition coefficient (Wildman–Crippen LogP) is 3.13. The van der Waals surface area contributed by atoms with E-state index in [9.17, 15) is 4.39 Å². The number of aromatic nitrogens is 1. The fourth-order valence-electron chi connectivity index (χ4n) is 2.65. The van der Waals surface area contributed by atoms with Crippen LogP contribution in [-0.4, -0.2) is 12.2 Å². The first kappa shape index (κ1) is 11.3. The van der Waals surface area contributed by atoms with E-state index >= 15 is 0 Å². The minimum atomic E-state index is -0.169. The van der Waals surface area contributed by atoms with Crippen molar-refractivity contribution in [2.24, 2.45) is 0 Å². The van der Waals surface area contributed by atoms with Crippen molar-refractivity contribution in [1.82, 2.24) is 5.16 Å². The second kappa shape index (κ2) is 4.44. The molecular weight excluding hydrogens is 231 g/mol. The molecule has 0 spiro atoms. The number of hydrogen-bond donors (Lipinski definition) is 1. The number of rotatable bonds is 2. The second-order valence-electron chi connectivity index (χ2n) is 4.68. The van der Waals surface area contributed by atoms with Gasteiger partial charge in [-0.05, 0) is 42.9 Å². The number of hydrogen-bond acceptors (Lipinski definition) is 3. The van der Waals surface area contributed by atoms with Crippen LogP contribution in [0.15, 0.2) is 28.8 Å². The van der Waals surface area contributed by atoms with Crippen LogP contribution in [0, 0.1) is 5.82 Å². The van der Waals surface area contributed by atoms with E-state index in [1.807, 2.05) is 13.1 Å². The zero-order valence-corrected chi connectivity index (χ0v) is 10.2. The van der Waals surface area contributed by atoms with Gasteiger partial charge in [-0.15, -0.1) is 0 Å². The summed E-state index contributed by atoms with van der Waals surface area (Å²) in [6.07, 6.45) is 2.74.